The quantitative estimate of drug-likeness (QED) is 0.324. The summed E-state index contributed by atoms with van der Waals surface area (Å²) in [5.41, 5.74) is 4.34. The summed E-state index contributed by atoms with van der Waals surface area (Å²) in [5, 5.41) is 1.05. The molecule has 0 radical (unpaired) electrons. The Morgan fingerprint density at radius 3 is 2.43 bits per heavy atom. The SMILES string of the molecule is Cc1cc(C)cc(OCCn2c(COc3ccc(Cl)cc3Cl)nc3ccccc32)c1. The summed E-state index contributed by atoms with van der Waals surface area (Å²) in [4.78, 5) is 4.74. The van der Waals surface area contributed by atoms with E-state index >= 15 is 0 Å². The molecule has 0 bridgehead atoms. The van der Waals surface area contributed by atoms with Crippen molar-refractivity contribution in [3.05, 3.63) is 87.7 Å². The Labute approximate surface area is 186 Å². The Morgan fingerprint density at radius 1 is 0.900 bits per heavy atom. The highest BCUT2D eigenvalue weighted by Crippen LogP contribution is 2.28. The third-order valence-corrected chi connectivity index (χ3v) is 5.29. The smallest absolute Gasteiger partial charge is 0.148 e. The number of imidazole rings is 1. The first-order chi connectivity index (χ1) is 14.5. The molecule has 0 aliphatic carbocycles. The van der Waals surface area contributed by atoms with E-state index in [0.29, 0.717) is 35.6 Å². The van der Waals surface area contributed by atoms with Gasteiger partial charge in [-0.1, -0.05) is 41.4 Å². The van der Waals surface area contributed by atoms with E-state index in [-0.39, 0.29) is 0 Å². The van der Waals surface area contributed by atoms with Crippen molar-refractivity contribution in [3.8, 4) is 11.5 Å². The fourth-order valence-electron chi connectivity index (χ4n) is 3.49. The predicted molar refractivity (Wildman–Crippen MR) is 122 cm³/mol. The maximum Gasteiger partial charge on any atom is 0.148 e. The average Bonchev–Trinajstić information content (AvgIpc) is 3.04. The van der Waals surface area contributed by atoms with Gasteiger partial charge in [0.1, 0.15) is 30.5 Å². The van der Waals surface area contributed by atoms with Crippen molar-refractivity contribution >= 4 is 34.2 Å². The topological polar surface area (TPSA) is 36.3 Å². The van der Waals surface area contributed by atoms with Gasteiger partial charge in [0.05, 0.1) is 22.6 Å². The number of fused-ring (bicyclic) bond motifs is 1. The van der Waals surface area contributed by atoms with Crippen LogP contribution in [0.1, 0.15) is 17.0 Å². The predicted octanol–water partition coefficient (Wildman–Crippen LogP) is 6.62. The third-order valence-electron chi connectivity index (χ3n) is 4.76. The average molecular weight is 441 g/mol. The minimum absolute atomic E-state index is 0.291. The summed E-state index contributed by atoms with van der Waals surface area (Å²) in [7, 11) is 0. The first-order valence-electron chi connectivity index (χ1n) is 9.73. The molecule has 0 aliphatic heterocycles. The molecule has 0 unspecified atom stereocenters. The van der Waals surface area contributed by atoms with E-state index in [1.807, 2.05) is 30.3 Å². The standard InChI is InChI=1S/C24H22Cl2N2O2/c1-16-11-17(2)13-19(12-16)29-10-9-28-22-6-4-3-5-21(22)27-24(28)15-30-23-8-7-18(25)14-20(23)26/h3-8,11-14H,9-10,15H2,1-2H3. The van der Waals surface area contributed by atoms with Crippen LogP contribution in [-0.4, -0.2) is 16.2 Å². The second kappa shape index (κ2) is 8.99. The zero-order valence-electron chi connectivity index (χ0n) is 16.9. The molecule has 0 N–H and O–H groups in total. The van der Waals surface area contributed by atoms with Gasteiger partial charge in [0.2, 0.25) is 0 Å². The number of halogens is 2. The van der Waals surface area contributed by atoms with Gasteiger partial charge >= 0.3 is 0 Å². The highest BCUT2D eigenvalue weighted by molar-refractivity contribution is 6.35. The molecule has 0 aliphatic rings. The number of benzene rings is 3. The highest BCUT2D eigenvalue weighted by atomic mass is 35.5. The van der Waals surface area contributed by atoms with Gasteiger partial charge in [-0.25, -0.2) is 4.98 Å². The molecule has 3 aromatic carbocycles. The summed E-state index contributed by atoms with van der Waals surface area (Å²) < 4.78 is 14.1. The summed E-state index contributed by atoms with van der Waals surface area (Å²) in [5.74, 6) is 2.26. The Balaban J connectivity index is 1.52. The first kappa shape index (κ1) is 20.6. The minimum atomic E-state index is 0.291. The van der Waals surface area contributed by atoms with Crippen molar-refractivity contribution < 1.29 is 9.47 Å². The number of aromatic nitrogens is 2. The van der Waals surface area contributed by atoms with Crippen molar-refractivity contribution in [2.75, 3.05) is 6.61 Å². The summed E-state index contributed by atoms with van der Waals surface area (Å²) in [6, 6.07) is 19.4. The molecule has 6 heteroatoms. The van der Waals surface area contributed by atoms with Crippen LogP contribution in [-0.2, 0) is 13.2 Å². The van der Waals surface area contributed by atoms with Crippen molar-refractivity contribution in [1.29, 1.82) is 0 Å². The van der Waals surface area contributed by atoms with E-state index in [0.717, 1.165) is 22.6 Å². The minimum Gasteiger partial charge on any atom is -0.492 e. The van der Waals surface area contributed by atoms with Gasteiger partial charge in [-0.05, 0) is 67.4 Å². The van der Waals surface area contributed by atoms with Gasteiger partial charge in [-0.3, -0.25) is 0 Å². The molecular formula is C24H22Cl2N2O2. The molecule has 0 fully saturated rings. The van der Waals surface area contributed by atoms with Crippen LogP contribution in [0.3, 0.4) is 0 Å². The van der Waals surface area contributed by atoms with E-state index < -0.39 is 0 Å². The van der Waals surface area contributed by atoms with Crippen LogP contribution >= 0.6 is 23.2 Å². The fraction of sp³-hybridized carbons (Fsp3) is 0.208. The lowest BCUT2D eigenvalue weighted by molar-refractivity contribution is 0.272. The molecule has 0 saturated carbocycles. The molecule has 0 spiro atoms. The van der Waals surface area contributed by atoms with Gasteiger partial charge in [0.15, 0.2) is 0 Å². The number of ether oxygens (including phenoxy) is 2. The number of hydrogen-bond acceptors (Lipinski definition) is 3. The van der Waals surface area contributed by atoms with E-state index in [9.17, 15) is 0 Å². The Kier molecular flexibility index (Phi) is 6.16. The molecule has 4 aromatic rings. The third kappa shape index (κ3) is 4.72. The zero-order valence-corrected chi connectivity index (χ0v) is 18.4. The van der Waals surface area contributed by atoms with E-state index in [1.165, 1.54) is 11.1 Å². The molecule has 30 heavy (non-hydrogen) atoms. The van der Waals surface area contributed by atoms with Crippen LogP contribution in [0.2, 0.25) is 10.0 Å². The van der Waals surface area contributed by atoms with Crippen LogP contribution in [0.4, 0.5) is 0 Å². The van der Waals surface area contributed by atoms with Crippen LogP contribution in [0.5, 0.6) is 11.5 Å². The lowest BCUT2D eigenvalue weighted by Crippen LogP contribution is -2.13. The lowest BCUT2D eigenvalue weighted by atomic mass is 10.1. The number of nitrogens with zero attached hydrogens (tertiary/aromatic N) is 2. The van der Waals surface area contributed by atoms with E-state index in [4.69, 9.17) is 37.7 Å². The summed E-state index contributed by atoms with van der Waals surface area (Å²) >= 11 is 12.2. The Morgan fingerprint density at radius 2 is 1.67 bits per heavy atom. The summed E-state index contributed by atoms with van der Waals surface area (Å²) in [6.45, 7) is 5.61. The van der Waals surface area contributed by atoms with Gasteiger partial charge < -0.3 is 14.0 Å². The fourth-order valence-corrected chi connectivity index (χ4v) is 3.95. The van der Waals surface area contributed by atoms with Gasteiger partial charge in [-0.15, -0.1) is 0 Å². The Bertz CT molecular complexity index is 1170. The monoisotopic (exact) mass is 440 g/mol. The molecule has 0 amide bonds. The van der Waals surface area contributed by atoms with E-state index in [2.05, 4.69) is 30.5 Å². The molecule has 4 nitrogen and oxygen atoms in total. The first-order valence-corrected chi connectivity index (χ1v) is 10.5. The molecule has 1 heterocycles. The van der Waals surface area contributed by atoms with Crippen LogP contribution in [0.25, 0.3) is 11.0 Å². The number of rotatable bonds is 7. The van der Waals surface area contributed by atoms with Crippen LogP contribution in [0.15, 0.2) is 60.7 Å². The lowest BCUT2D eigenvalue weighted by Gasteiger charge is -2.13. The van der Waals surface area contributed by atoms with Crippen molar-refractivity contribution in [3.63, 3.8) is 0 Å². The maximum atomic E-state index is 6.23. The zero-order chi connectivity index (χ0) is 21.1. The number of hydrogen-bond donors (Lipinski definition) is 0. The molecule has 0 saturated heterocycles. The summed E-state index contributed by atoms with van der Waals surface area (Å²) in [6.07, 6.45) is 0. The van der Waals surface area contributed by atoms with Crippen molar-refractivity contribution in [1.82, 2.24) is 9.55 Å². The van der Waals surface area contributed by atoms with Crippen molar-refractivity contribution in [2.45, 2.75) is 27.0 Å². The number of para-hydroxylation sites is 2. The second-order valence-electron chi connectivity index (χ2n) is 7.20. The molecular weight excluding hydrogens is 419 g/mol. The molecule has 0 atom stereocenters. The van der Waals surface area contributed by atoms with Crippen molar-refractivity contribution in [2.24, 2.45) is 0 Å². The largest absolute Gasteiger partial charge is 0.492 e. The van der Waals surface area contributed by atoms with Crippen LogP contribution in [0, 0.1) is 13.8 Å². The van der Waals surface area contributed by atoms with Gasteiger partial charge in [-0.2, -0.15) is 0 Å². The number of aryl methyl sites for hydroxylation is 2. The van der Waals surface area contributed by atoms with E-state index in [1.54, 1.807) is 18.2 Å². The Hall–Kier alpha value is -2.69. The van der Waals surface area contributed by atoms with Gasteiger partial charge in [0.25, 0.3) is 0 Å². The molecule has 154 valence electrons. The second-order valence-corrected chi connectivity index (χ2v) is 8.05. The molecule has 1 aromatic heterocycles. The maximum absolute atomic E-state index is 6.23. The van der Waals surface area contributed by atoms with Crippen LogP contribution < -0.4 is 9.47 Å². The molecule has 4 rings (SSSR count). The normalized spacial score (nSPS) is 11.1. The highest BCUT2D eigenvalue weighted by Gasteiger charge is 2.12. The van der Waals surface area contributed by atoms with Gasteiger partial charge in [0, 0.05) is 5.02 Å².